The number of hydrogen-bond donors (Lipinski definition) is 1. The highest BCUT2D eigenvalue weighted by molar-refractivity contribution is 5.96. The van der Waals surface area contributed by atoms with Gasteiger partial charge in [-0.25, -0.2) is 4.98 Å². The molecule has 1 aromatic heterocycles. The van der Waals surface area contributed by atoms with Crippen molar-refractivity contribution in [2.24, 2.45) is 0 Å². The monoisotopic (exact) mass is 286 g/mol. The first-order valence-electron chi connectivity index (χ1n) is 6.74. The van der Waals surface area contributed by atoms with Gasteiger partial charge < -0.3 is 10.1 Å². The highest BCUT2D eigenvalue weighted by Gasteiger charge is 2.10. The van der Waals surface area contributed by atoms with Crippen LogP contribution in [0.25, 0.3) is 0 Å². The average molecular weight is 286 g/mol. The van der Waals surface area contributed by atoms with Gasteiger partial charge in [-0.05, 0) is 18.6 Å². The Morgan fingerprint density at radius 1 is 1.43 bits per heavy atom. The molecule has 110 valence electrons. The molecule has 6 nitrogen and oxygen atoms in total. The molecule has 0 aliphatic rings. The van der Waals surface area contributed by atoms with Gasteiger partial charge in [-0.1, -0.05) is 24.8 Å². The Morgan fingerprint density at radius 3 is 3.05 bits per heavy atom. The minimum Gasteiger partial charge on any atom is -0.489 e. The van der Waals surface area contributed by atoms with E-state index in [4.69, 9.17) is 4.74 Å². The van der Waals surface area contributed by atoms with E-state index in [-0.39, 0.29) is 5.91 Å². The molecule has 0 aliphatic heterocycles. The number of carbonyl (C=O) groups excluding carboxylic acids is 1. The zero-order valence-electron chi connectivity index (χ0n) is 11.7. The molecule has 2 rings (SSSR count). The third kappa shape index (κ3) is 4.45. The number of nitrogens with one attached hydrogen (secondary N) is 1. The molecule has 1 amide bonds. The van der Waals surface area contributed by atoms with Gasteiger partial charge in [-0.15, -0.1) is 0 Å². The second-order valence-electron chi connectivity index (χ2n) is 4.36. The fourth-order valence-electron chi connectivity index (χ4n) is 1.82. The van der Waals surface area contributed by atoms with Crippen molar-refractivity contribution in [2.75, 3.05) is 13.2 Å². The molecule has 0 aliphatic carbocycles. The summed E-state index contributed by atoms with van der Waals surface area (Å²) in [5.41, 5.74) is 0.528. The van der Waals surface area contributed by atoms with E-state index in [0.29, 0.717) is 24.5 Å². The van der Waals surface area contributed by atoms with Crippen LogP contribution in [0.5, 0.6) is 5.75 Å². The SMILES string of the molecule is C=CCOc1ccccc1C(=O)NCCCn1cncn1. The quantitative estimate of drug-likeness (QED) is 0.592. The number of carbonyl (C=O) groups is 1. The lowest BCUT2D eigenvalue weighted by atomic mass is 10.2. The van der Waals surface area contributed by atoms with Crippen molar-refractivity contribution in [1.82, 2.24) is 20.1 Å². The molecule has 0 unspecified atom stereocenters. The molecule has 0 saturated heterocycles. The van der Waals surface area contributed by atoms with Gasteiger partial charge in [0, 0.05) is 13.1 Å². The lowest BCUT2D eigenvalue weighted by molar-refractivity contribution is 0.0949. The Kier molecular flexibility index (Phi) is 5.51. The fourth-order valence-corrected chi connectivity index (χ4v) is 1.82. The zero-order chi connectivity index (χ0) is 14.9. The lowest BCUT2D eigenvalue weighted by Gasteiger charge is -2.10. The van der Waals surface area contributed by atoms with Gasteiger partial charge in [0.25, 0.3) is 5.91 Å². The van der Waals surface area contributed by atoms with E-state index in [1.165, 1.54) is 6.33 Å². The second kappa shape index (κ2) is 7.84. The summed E-state index contributed by atoms with van der Waals surface area (Å²) in [6.45, 7) is 5.25. The maximum atomic E-state index is 12.1. The van der Waals surface area contributed by atoms with Crippen LogP contribution in [0.3, 0.4) is 0 Å². The second-order valence-corrected chi connectivity index (χ2v) is 4.36. The van der Waals surface area contributed by atoms with Gasteiger partial charge in [0.15, 0.2) is 0 Å². The van der Waals surface area contributed by atoms with Gasteiger partial charge in [-0.2, -0.15) is 5.10 Å². The van der Waals surface area contributed by atoms with Crippen LogP contribution in [0.15, 0.2) is 49.6 Å². The molecule has 0 atom stereocenters. The summed E-state index contributed by atoms with van der Waals surface area (Å²) in [6.07, 6.45) is 5.57. The minimum absolute atomic E-state index is 0.145. The molecular formula is C15H18N4O2. The smallest absolute Gasteiger partial charge is 0.255 e. The van der Waals surface area contributed by atoms with Crippen LogP contribution in [-0.4, -0.2) is 33.8 Å². The van der Waals surface area contributed by atoms with E-state index in [9.17, 15) is 4.79 Å². The molecule has 1 aromatic carbocycles. The molecule has 1 heterocycles. The zero-order valence-corrected chi connectivity index (χ0v) is 11.7. The number of para-hydroxylation sites is 1. The highest BCUT2D eigenvalue weighted by atomic mass is 16.5. The van der Waals surface area contributed by atoms with Crippen molar-refractivity contribution in [3.8, 4) is 5.75 Å². The molecular weight excluding hydrogens is 268 g/mol. The Bertz CT molecular complexity index is 581. The third-order valence-electron chi connectivity index (χ3n) is 2.80. The Balaban J connectivity index is 1.83. The summed E-state index contributed by atoms with van der Waals surface area (Å²) in [5.74, 6) is 0.416. The first-order chi connectivity index (χ1) is 10.3. The summed E-state index contributed by atoms with van der Waals surface area (Å²) in [6, 6.07) is 7.16. The average Bonchev–Trinajstić information content (AvgIpc) is 3.03. The van der Waals surface area contributed by atoms with Crippen molar-refractivity contribution in [2.45, 2.75) is 13.0 Å². The van der Waals surface area contributed by atoms with Gasteiger partial charge in [0.1, 0.15) is 25.0 Å². The maximum Gasteiger partial charge on any atom is 0.255 e. The normalized spacial score (nSPS) is 10.1. The van der Waals surface area contributed by atoms with Crippen molar-refractivity contribution >= 4 is 5.91 Å². The van der Waals surface area contributed by atoms with E-state index in [2.05, 4.69) is 22.0 Å². The summed E-state index contributed by atoms with van der Waals surface area (Å²) >= 11 is 0. The summed E-state index contributed by atoms with van der Waals surface area (Å²) in [4.78, 5) is 16.0. The van der Waals surface area contributed by atoms with Gasteiger partial charge in [0.2, 0.25) is 0 Å². The number of aryl methyl sites for hydroxylation is 1. The first-order valence-corrected chi connectivity index (χ1v) is 6.74. The lowest BCUT2D eigenvalue weighted by Crippen LogP contribution is -2.25. The molecule has 0 radical (unpaired) electrons. The van der Waals surface area contributed by atoms with E-state index in [1.54, 1.807) is 29.2 Å². The standard InChI is InChI=1S/C15H18N4O2/c1-2-10-21-14-7-4-3-6-13(14)15(20)17-8-5-9-19-12-16-11-18-19/h2-4,6-7,11-12H,1,5,8-10H2,(H,17,20). The van der Waals surface area contributed by atoms with Crippen LogP contribution in [0.1, 0.15) is 16.8 Å². The molecule has 0 spiro atoms. The third-order valence-corrected chi connectivity index (χ3v) is 2.80. The van der Waals surface area contributed by atoms with E-state index in [1.807, 2.05) is 12.1 Å². The van der Waals surface area contributed by atoms with Crippen LogP contribution in [-0.2, 0) is 6.54 Å². The number of ether oxygens (including phenoxy) is 1. The van der Waals surface area contributed by atoms with E-state index < -0.39 is 0 Å². The highest BCUT2D eigenvalue weighted by Crippen LogP contribution is 2.17. The molecule has 2 aromatic rings. The Morgan fingerprint density at radius 2 is 2.29 bits per heavy atom. The van der Waals surface area contributed by atoms with Crippen molar-refractivity contribution in [3.63, 3.8) is 0 Å². The molecule has 0 saturated carbocycles. The number of rotatable bonds is 8. The van der Waals surface area contributed by atoms with E-state index in [0.717, 1.165) is 13.0 Å². The first kappa shape index (κ1) is 14.8. The summed E-state index contributed by atoms with van der Waals surface area (Å²) < 4.78 is 7.20. The maximum absolute atomic E-state index is 12.1. The fraction of sp³-hybridized carbons (Fsp3) is 0.267. The van der Waals surface area contributed by atoms with Gasteiger partial charge in [0.05, 0.1) is 5.56 Å². The number of nitrogens with zero attached hydrogens (tertiary/aromatic N) is 3. The molecule has 1 N–H and O–H groups in total. The van der Waals surface area contributed by atoms with Crippen LogP contribution in [0, 0.1) is 0 Å². The minimum atomic E-state index is -0.145. The largest absolute Gasteiger partial charge is 0.489 e. The van der Waals surface area contributed by atoms with Gasteiger partial charge in [-0.3, -0.25) is 9.48 Å². The molecule has 21 heavy (non-hydrogen) atoms. The van der Waals surface area contributed by atoms with Crippen LogP contribution >= 0.6 is 0 Å². The topological polar surface area (TPSA) is 69.0 Å². The summed E-state index contributed by atoms with van der Waals surface area (Å²) in [7, 11) is 0. The van der Waals surface area contributed by atoms with Crippen molar-refractivity contribution in [1.29, 1.82) is 0 Å². The van der Waals surface area contributed by atoms with Crippen LogP contribution in [0.4, 0.5) is 0 Å². The van der Waals surface area contributed by atoms with Crippen molar-refractivity contribution < 1.29 is 9.53 Å². The Labute approximate surface area is 123 Å². The van der Waals surface area contributed by atoms with Crippen LogP contribution < -0.4 is 10.1 Å². The predicted molar refractivity (Wildman–Crippen MR) is 79.1 cm³/mol. The molecule has 0 fully saturated rings. The molecule has 6 heteroatoms. The number of benzene rings is 1. The molecule has 0 bridgehead atoms. The summed E-state index contributed by atoms with van der Waals surface area (Å²) in [5, 5.41) is 6.87. The number of aromatic nitrogens is 3. The van der Waals surface area contributed by atoms with E-state index >= 15 is 0 Å². The Hall–Kier alpha value is -2.63. The van der Waals surface area contributed by atoms with Crippen LogP contribution in [0.2, 0.25) is 0 Å². The predicted octanol–water partition coefficient (Wildman–Crippen LogP) is 1.66. The number of hydrogen-bond acceptors (Lipinski definition) is 4. The van der Waals surface area contributed by atoms with Gasteiger partial charge >= 0.3 is 0 Å². The van der Waals surface area contributed by atoms with Crippen molar-refractivity contribution in [3.05, 3.63) is 55.1 Å². The number of amides is 1.